The van der Waals surface area contributed by atoms with E-state index in [1.165, 1.54) is 11.8 Å². The second-order valence-electron chi connectivity index (χ2n) is 6.28. The third-order valence-corrected chi connectivity index (χ3v) is 5.66. The molecule has 0 spiro atoms. The van der Waals surface area contributed by atoms with Crippen LogP contribution in [0.4, 0.5) is 5.69 Å². The van der Waals surface area contributed by atoms with Gasteiger partial charge >= 0.3 is 0 Å². The Morgan fingerprint density at radius 1 is 1.21 bits per heavy atom. The molecule has 0 atom stereocenters. The fourth-order valence-electron chi connectivity index (χ4n) is 2.55. The van der Waals surface area contributed by atoms with Crippen molar-refractivity contribution in [2.24, 2.45) is 7.05 Å². The fraction of sp³-hybridized carbons (Fsp3) is 0.250. The number of aromatic nitrogens is 3. The Morgan fingerprint density at radius 3 is 2.64 bits per heavy atom. The molecule has 0 aliphatic rings. The molecule has 28 heavy (non-hydrogen) atoms. The summed E-state index contributed by atoms with van der Waals surface area (Å²) in [6.07, 6.45) is 0.655. The SMILES string of the molecule is COc1ccc(Cc2nnc(SCC(=O)Nc3ccc(C)c(Cl)c3)n2C)cc1. The Bertz CT molecular complexity index is 973. The zero-order chi connectivity index (χ0) is 20.1. The highest BCUT2D eigenvalue weighted by atomic mass is 35.5. The smallest absolute Gasteiger partial charge is 0.234 e. The van der Waals surface area contributed by atoms with Gasteiger partial charge in [0, 0.05) is 24.2 Å². The minimum atomic E-state index is -0.121. The third-order valence-electron chi connectivity index (χ3n) is 4.23. The van der Waals surface area contributed by atoms with E-state index >= 15 is 0 Å². The highest BCUT2D eigenvalue weighted by Crippen LogP contribution is 2.22. The van der Waals surface area contributed by atoms with Gasteiger partial charge in [-0.3, -0.25) is 4.79 Å². The van der Waals surface area contributed by atoms with Gasteiger partial charge in [0.05, 0.1) is 12.9 Å². The van der Waals surface area contributed by atoms with E-state index in [1.54, 1.807) is 13.2 Å². The zero-order valence-corrected chi connectivity index (χ0v) is 17.5. The summed E-state index contributed by atoms with van der Waals surface area (Å²) in [5, 5.41) is 12.6. The number of rotatable bonds is 7. The number of nitrogens with one attached hydrogen (secondary N) is 1. The maximum atomic E-state index is 12.2. The van der Waals surface area contributed by atoms with Crippen LogP contribution in [0.2, 0.25) is 5.02 Å². The lowest BCUT2D eigenvalue weighted by atomic mass is 10.1. The van der Waals surface area contributed by atoms with Gasteiger partial charge in [-0.25, -0.2) is 0 Å². The Balaban J connectivity index is 1.57. The van der Waals surface area contributed by atoms with E-state index in [9.17, 15) is 4.79 Å². The summed E-state index contributed by atoms with van der Waals surface area (Å²) >= 11 is 7.44. The molecule has 0 aliphatic carbocycles. The van der Waals surface area contributed by atoms with Crippen LogP contribution in [0, 0.1) is 6.92 Å². The van der Waals surface area contributed by atoms with E-state index in [0.717, 1.165) is 22.7 Å². The van der Waals surface area contributed by atoms with Crippen LogP contribution in [-0.2, 0) is 18.3 Å². The van der Waals surface area contributed by atoms with Crippen LogP contribution >= 0.6 is 23.4 Å². The van der Waals surface area contributed by atoms with E-state index < -0.39 is 0 Å². The first kappa shape index (κ1) is 20.2. The Kier molecular flexibility index (Phi) is 6.59. The molecule has 2 aromatic carbocycles. The Morgan fingerprint density at radius 2 is 1.96 bits per heavy atom. The van der Waals surface area contributed by atoms with Gasteiger partial charge in [-0.2, -0.15) is 0 Å². The van der Waals surface area contributed by atoms with Crippen molar-refractivity contribution >= 4 is 35.0 Å². The van der Waals surface area contributed by atoms with E-state index in [1.807, 2.05) is 54.9 Å². The summed E-state index contributed by atoms with van der Waals surface area (Å²) in [6, 6.07) is 13.3. The second kappa shape index (κ2) is 9.12. The molecule has 1 aromatic heterocycles. The molecule has 0 unspecified atom stereocenters. The second-order valence-corrected chi connectivity index (χ2v) is 7.63. The van der Waals surface area contributed by atoms with Crippen LogP contribution in [0.25, 0.3) is 0 Å². The molecule has 1 amide bonds. The van der Waals surface area contributed by atoms with Crippen LogP contribution < -0.4 is 10.1 Å². The highest BCUT2D eigenvalue weighted by molar-refractivity contribution is 7.99. The van der Waals surface area contributed by atoms with Gasteiger partial charge in [-0.05, 0) is 42.3 Å². The molecule has 3 rings (SSSR count). The van der Waals surface area contributed by atoms with Crippen molar-refractivity contribution < 1.29 is 9.53 Å². The standard InChI is InChI=1S/C20H21ClN4O2S/c1-13-4-7-15(11-17(13)21)22-19(26)12-28-20-24-23-18(25(20)2)10-14-5-8-16(27-3)9-6-14/h4-9,11H,10,12H2,1-3H3,(H,22,26). The number of methoxy groups -OCH3 is 1. The molecule has 1 heterocycles. The summed E-state index contributed by atoms with van der Waals surface area (Å²) in [4.78, 5) is 12.2. The van der Waals surface area contributed by atoms with Gasteiger partial charge < -0.3 is 14.6 Å². The number of carbonyl (C=O) groups excluding carboxylic acids is 1. The number of hydrogen-bond acceptors (Lipinski definition) is 5. The summed E-state index contributed by atoms with van der Waals surface area (Å²) in [6.45, 7) is 1.92. The van der Waals surface area contributed by atoms with Gasteiger partial charge in [0.2, 0.25) is 5.91 Å². The highest BCUT2D eigenvalue weighted by Gasteiger charge is 2.12. The third kappa shape index (κ3) is 5.05. The molecule has 1 N–H and O–H groups in total. The normalized spacial score (nSPS) is 10.7. The molecule has 0 saturated heterocycles. The molecule has 0 fully saturated rings. The maximum Gasteiger partial charge on any atom is 0.234 e. The van der Waals surface area contributed by atoms with E-state index in [-0.39, 0.29) is 11.7 Å². The summed E-state index contributed by atoms with van der Waals surface area (Å²) in [5.74, 6) is 1.77. The van der Waals surface area contributed by atoms with E-state index in [2.05, 4.69) is 15.5 Å². The number of anilines is 1. The van der Waals surface area contributed by atoms with Crippen molar-refractivity contribution in [2.75, 3.05) is 18.2 Å². The molecule has 6 nitrogen and oxygen atoms in total. The van der Waals surface area contributed by atoms with Crippen LogP contribution in [-0.4, -0.2) is 33.5 Å². The van der Waals surface area contributed by atoms with Crippen LogP contribution in [0.3, 0.4) is 0 Å². The van der Waals surface area contributed by atoms with Gasteiger partial charge in [0.25, 0.3) is 0 Å². The Hall–Kier alpha value is -2.51. The van der Waals surface area contributed by atoms with Crippen LogP contribution in [0.1, 0.15) is 17.0 Å². The number of hydrogen-bond donors (Lipinski definition) is 1. The summed E-state index contributed by atoms with van der Waals surface area (Å²) < 4.78 is 7.08. The topological polar surface area (TPSA) is 69.0 Å². The monoisotopic (exact) mass is 416 g/mol. The number of benzene rings is 2. The lowest BCUT2D eigenvalue weighted by Crippen LogP contribution is -2.14. The first-order valence-electron chi connectivity index (χ1n) is 8.66. The predicted molar refractivity (Wildman–Crippen MR) is 112 cm³/mol. The van der Waals surface area contributed by atoms with Crippen molar-refractivity contribution in [1.29, 1.82) is 0 Å². The van der Waals surface area contributed by atoms with Crippen molar-refractivity contribution in [2.45, 2.75) is 18.5 Å². The molecule has 0 aliphatic heterocycles. The lowest BCUT2D eigenvalue weighted by molar-refractivity contribution is -0.113. The molecular formula is C20H21ClN4O2S. The Labute approximate surface area is 173 Å². The zero-order valence-electron chi connectivity index (χ0n) is 15.9. The first-order valence-corrected chi connectivity index (χ1v) is 10.0. The van der Waals surface area contributed by atoms with Crippen molar-refractivity contribution in [1.82, 2.24) is 14.8 Å². The predicted octanol–water partition coefficient (Wildman–Crippen LogP) is 4.11. The number of aryl methyl sites for hydroxylation is 1. The summed E-state index contributed by atoms with van der Waals surface area (Å²) in [7, 11) is 3.55. The largest absolute Gasteiger partial charge is 0.497 e. The van der Waals surface area contributed by atoms with Crippen molar-refractivity contribution in [3.05, 3.63) is 64.4 Å². The van der Waals surface area contributed by atoms with Crippen molar-refractivity contribution in [3.8, 4) is 5.75 Å². The number of halogens is 1. The molecule has 8 heteroatoms. The van der Waals surface area contributed by atoms with E-state index in [4.69, 9.17) is 16.3 Å². The molecule has 3 aromatic rings. The average molecular weight is 417 g/mol. The quantitative estimate of drug-likeness (QED) is 0.587. The van der Waals surface area contributed by atoms with Gasteiger partial charge in [0.15, 0.2) is 5.16 Å². The average Bonchev–Trinajstić information content (AvgIpc) is 3.03. The van der Waals surface area contributed by atoms with Gasteiger partial charge in [-0.15, -0.1) is 10.2 Å². The number of thioether (sulfide) groups is 1. The number of ether oxygens (including phenoxy) is 1. The summed E-state index contributed by atoms with van der Waals surface area (Å²) in [5.41, 5.74) is 2.76. The number of amides is 1. The number of nitrogens with zero attached hydrogens (tertiary/aromatic N) is 3. The van der Waals surface area contributed by atoms with Gasteiger partial charge in [-0.1, -0.05) is 41.6 Å². The molecule has 0 radical (unpaired) electrons. The molecule has 0 bridgehead atoms. The van der Waals surface area contributed by atoms with Crippen LogP contribution in [0.5, 0.6) is 5.75 Å². The molecule has 146 valence electrons. The lowest BCUT2D eigenvalue weighted by Gasteiger charge is -2.07. The molecular weight excluding hydrogens is 396 g/mol. The first-order chi connectivity index (χ1) is 13.5. The number of carbonyl (C=O) groups is 1. The van der Waals surface area contributed by atoms with Crippen molar-refractivity contribution in [3.63, 3.8) is 0 Å². The molecule has 0 saturated carbocycles. The van der Waals surface area contributed by atoms with Crippen LogP contribution in [0.15, 0.2) is 47.6 Å². The van der Waals surface area contributed by atoms with E-state index in [0.29, 0.717) is 22.3 Å². The van der Waals surface area contributed by atoms with Gasteiger partial charge in [0.1, 0.15) is 11.6 Å². The fourth-order valence-corrected chi connectivity index (χ4v) is 3.46. The maximum absolute atomic E-state index is 12.2. The minimum Gasteiger partial charge on any atom is -0.497 e. The minimum absolute atomic E-state index is 0.121.